The molecule has 1 aliphatic carbocycles. The van der Waals surface area contributed by atoms with Crippen LogP contribution in [0.3, 0.4) is 0 Å². The molecule has 0 fully saturated rings. The number of hydrogen-bond donors (Lipinski definition) is 0. The molecule has 0 N–H and O–H groups in total. The molecule has 3 aromatic rings. The Balaban J connectivity index is 1.38. The van der Waals surface area contributed by atoms with Crippen LogP contribution in [0.15, 0.2) is 35.0 Å². The van der Waals surface area contributed by atoms with E-state index in [-0.39, 0.29) is 11.8 Å². The van der Waals surface area contributed by atoms with Crippen molar-refractivity contribution < 1.29 is 9.32 Å². The number of benzene rings is 1. The molecule has 6 heteroatoms. The lowest BCUT2D eigenvalue weighted by atomic mass is 9.82. The van der Waals surface area contributed by atoms with Crippen molar-refractivity contribution >= 4 is 5.91 Å². The van der Waals surface area contributed by atoms with E-state index in [0.29, 0.717) is 18.3 Å². The number of carbonyl (C=O) groups excluding carboxylic acids is 1. The first-order chi connectivity index (χ1) is 14.1. The molecule has 6 nitrogen and oxygen atoms in total. The number of hydrogen-bond acceptors (Lipinski definition) is 5. The maximum absolute atomic E-state index is 13.3. The molecule has 148 valence electrons. The van der Waals surface area contributed by atoms with Gasteiger partial charge in [-0.3, -0.25) is 9.78 Å². The fourth-order valence-electron chi connectivity index (χ4n) is 4.70. The number of pyridine rings is 1. The first kappa shape index (κ1) is 18.0. The zero-order valence-electron chi connectivity index (χ0n) is 16.8. The van der Waals surface area contributed by atoms with Crippen LogP contribution in [0.2, 0.25) is 0 Å². The van der Waals surface area contributed by atoms with Crippen LogP contribution >= 0.6 is 0 Å². The van der Waals surface area contributed by atoms with Gasteiger partial charge in [0.05, 0.1) is 0 Å². The Labute approximate surface area is 170 Å². The highest BCUT2D eigenvalue weighted by molar-refractivity contribution is 5.80. The SMILES string of the molecule is Cc1nc(-c2c(C)ncc3c2CCN(C(=O)[C@@H]2CCc4ccccc4C2)C3)no1. The first-order valence-corrected chi connectivity index (χ1v) is 10.2. The van der Waals surface area contributed by atoms with Crippen LogP contribution in [-0.2, 0) is 30.6 Å². The molecule has 0 unspecified atom stereocenters. The monoisotopic (exact) mass is 388 g/mol. The molecule has 0 spiro atoms. The van der Waals surface area contributed by atoms with Gasteiger partial charge in [-0.1, -0.05) is 29.4 Å². The van der Waals surface area contributed by atoms with Crippen LogP contribution < -0.4 is 0 Å². The summed E-state index contributed by atoms with van der Waals surface area (Å²) in [4.78, 5) is 24.2. The largest absolute Gasteiger partial charge is 0.339 e. The summed E-state index contributed by atoms with van der Waals surface area (Å²) in [5.74, 6) is 1.47. The molecule has 0 radical (unpaired) electrons. The molecule has 1 amide bonds. The predicted octanol–water partition coefficient (Wildman–Crippen LogP) is 3.44. The van der Waals surface area contributed by atoms with E-state index in [1.165, 1.54) is 16.7 Å². The van der Waals surface area contributed by atoms with E-state index in [1.54, 1.807) is 6.92 Å². The van der Waals surface area contributed by atoms with Crippen molar-refractivity contribution in [2.24, 2.45) is 5.92 Å². The van der Waals surface area contributed by atoms with Crippen LogP contribution in [-0.4, -0.2) is 32.5 Å². The van der Waals surface area contributed by atoms with Gasteiger partial charge in [0.25, 0.3) is 0 Å². The summed E-state index contributed by atoms with van der Waals surface area (Å²) in [6.45, 7) is 5.08. The lowest BCUT2D eigenvalue weighted by molar-refractivity contribution is -0.136. The van der Waals surface area contributed by atoms with E-state index in [2.05, 4.69) is 39.4 Å². The summed E-state index contributed by atoms with van der Waals surface area (Å²) in [7, 11) is 0. The van der Waals surface area contributed by atoms with Gasteiger partial charge >= 0.3 is 0 Å². The van der Waals surface area contributed by atoms with Gasteiger partial charge in [0, 0.05) is 43.4 Å². The molecular formula is C23H24N4O2. The first-order valence-electron chi connectivity index (χ1n) is 10.2. The third-order valence-corrected chi connectivity index (χ3v) is 6.22. The lowest BCUT2D eigenvalue weighted by Gasteiger charge is -2.34. The summed E-state index contributed by atoms with van der Waals surface area (Å²) >= 11 is 0. The van der Waals surface area contributed by atoms with E-state index in [0.717, 1.165) is 49.0 Å². The van der Waals surface area contributed by atoms with Crippen molar-refractivity contribution in [3.05, 3.63) is 64.3 Å². The lowest BCUT2D eigenvalue weighted by Crippen LogP contribution is -2.41. The highest BCUT2D eigenvalue weighted by atomic mass is 16.5. The zero-order valence-corrected chi connectivity index (χ0v) is 16.8. The van der Waals surface area contributed by atoms with E-state index in [1.807, 2.05) is 18.0 Å². The molecule has 5 rings (SSSR count). The summed E-state index contributed by atoms with van der Waals surface area (Å²) in [6, 6.07) is 8.49. The topological polar surface area (TPSA) is 72.1 Å². The quantitative estimate of drug-likeness (QED) is 0.672. The number of aryl methyl sites for hydroxylation is 3. The molecule has 0 saturated carbocycles. The minimum absolute atomic E-state index is 0.0733. The number of rotatable bonds is 2. The maximum Gasteiger partial charge on any atom is 0.226 e. The molecule has 2 aromatic heterocycles. The van der Waals surface area contributed by atoms with Crippen molar-refractivity contribution in [2.45, 2.75) is 46.1 Å². The second-order valence-corrected chi connectivity index (χ2v) is 8.08. The highest BCUT2D eigenvalue weighted by Gasteiger charge is 2.31. The van der Waals surface area contributed by atoms with Crippen molar-refractivity contribution in [1.82, 2.24) is 20.0 Å². The molecule has 1 aromatic carbocycles. The summed E-state index contributed by atoms with van der Waals surface area (Å²) in [5, 5.41) is 4.10. The number of aromatic nitrogens is 3. The Hall–Kier alpha value is -3.02. The molecule has 2 aliphatic rings. The summed E-state index contributed by atoms with van der Waals surface area (Å²) in [5.41, 5.74) is 6.84. The number of amides is 1. The van der Waals surface area contributed by atoms with Gasteiger partial charge in [-0.2, -0.15) is 4.98 Å². The second-order valence-electron chi connectivity index (χ2n) is 8.08. The van der Waals surface area contributed by atoms with Gasteiger partial charge in [-0.15, -0.1) is 0 Å². The van der Waals surface area contributed by atoms with Crippen LogP contribution in [0.1, 0.15) is 40.3 Å². The Kier molecular flexibility index (Phi) is 4.42. The average Bonchev–Trinajstić information content (AvgIpc) is 3.18. The van der Waals surface area contributed by atoms with E-state index >= 15 is 0 Å². The van der Waals surface area contributed by atoms with Gasteiger partial charge in [-0.25, -0.2) is 0 Å². The van der Waals surface area contributed by atoms with Gasteiger partial charge in [0.15, 0.2) is 0 Å². The molecule has 29 heavy (non-hydrogen) atoms. The minimum Gasteiger partial charge on any atom is -0.339 e. The molecule has 0 bridgehead atoms. The van der Waals surface area contributed by atoms with Crippen LogP contribution in [0.4, 0.5) is 0 Å². The van der Waals surface area contributed by atoms with Crippen molar-refractivity contribution in [1.29, 1.82) is 0 Å². The third kappa shape index (κ3) is 3.22. The number of carbonyl (C=O) groups is 1. The van der Waals surface area contributed by atoms with Crippen molar-refractivity contribution in [3.63, 3.8) is 0 Å². The second kappa shape index (κ2) is 7.10. The smallest absolute Gasteiger partial charge is 0.226 e. The Morgan fingerprint density at radius 3 is 2.76 bits per heavy atom. The van der Waals surface area contributed by atoms with E-state index < -0.39 is 0 Å². The van der Waals surface area contributed by atoms with Crippen LogP contribution in [0, 0.1) is 19.8 Å². The molecule has 0 saturated heterocycles. The summed E-state index contributed by atoms with van der Waals surface area (Å²) in [6.07, 6.45) is 5.45. The van der Waals surface area contributed by atoms with Gasteiger partial charge < -0.3 is 9.42 Å². The fourth-order valence-corrected chi connectivity index (χ4v) is 4.70. The Morgan fingerprint density at radius 1 is 1.14 bits per heavy atom. The van der Waals surface area contributed by atoms with Crippen molar-refractivity contribution in [2.75, 3.05) is 6.54 Å². The van der Waals surface area contributed by atoms with E-state index in [9.17, 15) is 4.79 Å². The molecule has 1 aliphatic heterocycles. The Bertz CT molecular complexity index is 1090. The standard InChI is InChI=1S/C23H24N4O2/c1-14-21(22-25-15(2)29-26-22)20-9-10-27(13-19(20)12-24-14)23(28)18-8-7-16-5-3-4-6-17(16)11-18/h3-6,12,18H,7-11,13H2,1-2H3/t18-/m1/s1. The predicted molar refractivity (Wildman–Crippen MR) is 108 cm³/mol. The normalized spacial score (nSPS) is 18.3. The van der Waals surface area contributed by atoms with Crippen molar-refractivity contribution in [3.8, 4) is 11.4 Å². The summed E-state index contributed by atoms with van der Waals surface area (Å²) < 4.78 is 5.18. The maximum atomic E-state index is 13.3. The number of nitrogens with zero attached hydrogens (tertiary/aromatic N) is 4. The van der Waals surface area contributed by atoms with Crippen LogP contribution in [0.5, 0.6) is 0 Å². The molecule has 1 atom stereocenters. The Morgan fingerprint density at radius 2 is 1.97 bits per heavy atom. The molecule has 3 heterocycles. The van der Waals surface area contributed by atoms with Gasteiger partial charge in [0.2, 0.25) is 17.6 Å². The fraction of sp³-hybridized carbons (Fsp3) is 0.391. The van der Waals surface area contributed by atoms with E-state index in [4.69, 9.17) is 4.52 Å². The minimum atomic E-state index is 0.0733. The van der Waals surface area contributed by atoms with Crippen LogP contribution in [0.25, 0.3) is 11.4 Å². The zero-order chi connectivity index (χ0) is 20.0. The number of fused-ring (bicyclic) bond motifs is 2. The average molecular weight is 388 g/mol. The highest BCUT2D eigenvalue weighted by Crippen LogP contribution is 2.32. The van der Waals surface area contributed by atoms with Gasteiger partial charge in [0.1, 0.15) is 0 Å². The molecular weight excluding hydrogens is 364 g/mol. The van der Waals surface area contributed by atoms with Gasteiger partial charge in [-0.05, 0) is 54.9 Å². The third-order valence-electron chi connectivity index (χ3n) is 6.22.